The molecule has 0 spiro atoms. The molecule has 0 aromatic heterocycles. The van der Waals surface area contributed by atoms with Crippen LogP contribution in [0, 0.1) is 5.41 Å². The summed E-state index contributed by atoms with van der Waals surface area (Å²) in [5, 5.41) is 0. The van der Waals surface area contributed by atoms with Crippen molar-refractivity contribution in [1.29, 1.82) is 0 Å². The van der Waals surface area contributed by atoms with Crippen molar-refractivity contribution in [3.05, 3.63) is 24.8 Å². The lowest BCUT2D eigenvalue weighted by atomic mass is 9.82. The average molecular weight is 166 g/mol. The number of nitrogens with one attached hydrogen (secondary N) is 2. The molecule has 0 bridgehead atoms. The predicted octanol–water partition coefficient (Wildman–Crippen LogP) is 1.62. The van der Waals surface area contributed by atoms with Crippen molar-refractivity contribution in [2.45, 2.75) is 19.8 Å². The maximum Gasteiger partial charge on any atom is 0.0175 e. The fourth-order valence-corrected chi connectivity index (χ4v) is 1.61. The van der Waals surface area contributed by atoms with Crippen LogP contribution in [-0.2, 0) is 0 Å². The summed E-state index contributed by atoms with van der Waals surface area (Å²) in [6, 6.07) is 0. The molecule has 0 radical (unpaired) electrons. The molecular weight excluding hydrogens is 148 g/mol. The smallest absolute Gasteiger partial charge is 0.0175 e. The molecule has 1 saturated heterocycles. The van der Waals surface area contributed by atoms with Gasteiger partial charge >= 0.3 is 0 Å². The SMILES string of the molecule is C=CCC1(C/C=C/C)CNNC1. The fraction of sp³-hybridized carbons (Fsp3) is 0.600. The van der Waals surface area contributed by atoms with E-state index in [4.69, 9.17) is 0 Å². The van der Waals surface area contributed by atoms with Gasteiger partial charge in [0.1, 0.15) is 0 Å². The highest BCUT2D eigenvalue weighted by molar-refractivity contribution is 4.98. The first-order valence-corrected chi connectivity index (χ1v) is 4.51. The largest absolute Gasteiger partial charge is 0.257 e. The molecule has 0 aromatic rings. The lowest BCUT2D eigenvalue weighted by molar-refractivity contribution is 0.354. The van der Waals surface area contributed by atoms with Crippen molar-refractivity contribution in [3.8, 4) is 0 Å². The van der Waals surface area contributed by atoms with Crippen molar-refractivity contribution < 1.29 is 0 Å². The maximum atomic E-state index is 3.80. The topological polar surface area (TPSA) is 24.1 Å². The highest BCUT2D eigenvalue weighted by Crippen LogP contribution is 2.28. The maximum absolute atomic E-state index is 3.80. The molecule has 0 saturated carbocycles. The van der Waals surface area contributed by atoms with E-state index in [9.17, 15) is 0 Å². The van der Waals surface area contributed by atoms with Gasteiger partial charge in [-0.3, -0.25) is 10.9 Å². The minimum absolute atomic E-state index is 0.369. The monoisotopic (exact) mass is 166 g/mol. The Hall–Kier alpha value is -0.600. The third kappa shape index (κ3) is 2.19. The van der Waals surface area contributed by atoms with E-state index in [1.165, 1.54) is 0 Å². The van der Waals surface area contributed by atoms with Gasteiger partial charge in [0.05, 0.1) is 0 Å². The number of allylic oxidation sites excluding steroid dienone is 3. The molecule has 12 heavy (non-hydrogen) atoms. The van der Waals surface area contributed by atoms with Crippen LogP contribution in [0.3, 0.4) is 0 Å². The Bertz CT molecular complexity index is 167. The Morgan fingerprint density at radius 3 is 2.50 bits per heavy atom. The molecule has 0 atom stereocenters. The first-order chi connectivity index (χ1) is 5.83. The van der Waals surface area contributed by atoms with Crippen molar-refractivity contribution >= 4 is 0 Å². The van der Waals surface area contributed by atoms with Gasteiger partial charge in [0.2, 0.25) is 0 Å². The van der Waals surface area contributed by atoms with Crippen LogP contribution < -0.4 is 10.9 Å². The van der Waals surface area contributed by atoms with E-state index in [0.29, 0.717) is 5.41 Å². The van der Waals surface area contributed by atoms with Crippen LogP contribution in [0.5, 0.6) is 0 Å². The van der Waals surface area contributed by atoms with E-state index >= 15 is 0 Å². The van der Waals surface area contributed by atoms with Gasteiger partial charge in [-0.05, 0) is 19.8 Å². The average Bonchev–Trinajstić information content (AvgIpc) is 2.51. The second-order valence-electron chi connectivity index (χ2n) is 3.47. The molecule has 0 unspecified atom stereocenters. The first kappa shape index (κ1) is 9.49. The standard InChI is InChI=1S/C10H18N2/c1-3-5-7-10(6-4-2)8-11-12-9-10/h3-5,11-12H,2,6-9H2,1H3/b5-3+. The molecule has 2 nitrogen and oxygen atoms in total. The molecule has 1 fully saturated rings. The summed E-state index contributed by atoms with van der Waals surface area (Å²) in [5.41, 5.74) is 6.72. The zero-order chi connectivity index (χ0) is 8.86. The molecule has 68 valence electrons. The first-order valence-electron chi connectivity index (χ1n) is 4.51. The Kier molecular flexibility index (Phi) is 3.50. The molecular formula is C10H18N2. The second-order valence-corrected chi connectivity index (χ2v) is 3.47. The Morgan fingerprint density at radius 1 is 1.33 bits per heavy atom. The van der Waals surface area contributed by atoms with Crippen LogP contribution in [-0.4, -0.2) is 13.1 Å². The van der Waals surface area contributed by atoms with Crippen LogP contribution in [0.4, 0.5) is 0 Å². The molecule has 0 amide bonds. The molecule has 0 aliphatic carbocycles. The van der Waals surface area contributed by atoms with E-state index in [-0.39, 0.29) is 0 Å². The van der Waals surface area contributed by atoms with Crippen LogP contribution in [0.1, 0.15) is 19.8 Å². The molecule has 0 aromatic carbocycles. The number of hydrazine groups is 1. The zero-order valence-corrected chi connectivity index (χ0v) is 7.77. The van der Waals surface area contributed by atoms with Crippen molar-refractivity contribution in [2.75, 3.05) is 13.1 Å². The quantitative estimate of drug-likeness (QED) is 0.620. The summed E-state index contributed by atoms with van der Waals surface area (Å²) in [5.74, 6) is 0. The van der Waals surface area contributed by atoms with Gasteiger partial charge in [0, 0.05) is 18.5 Å². The minimum Gasteiger partial charge on any atom is -0.257 e. The summed E-state index contributed by atoms with van der Waals surface area (Å²) >= 11 is 0. The highest BCUT2D eigenvalue weighted by atomic mass is 15.4. The number of hydrogen-bond donors (Lipinski definition) is 2. The number of rotatable bonds is 4. The highest BCUT2D eigenvalue weighted by Gasteiger charge is 2.30. The summed E-state index contributed by atoms with van der Waals surface area (Å²) < 4.78 is 0. The third-order valence-electron chi connectivity index (χ3n) is 2.42. The second kappa shape index (κ2) is 4.43. The van der Waals surface area contributed by atoms with Gasteiger partial charge in [-0.15, -0.1) is 6.58 Å². The predicted molar refractivity (Wildman–Crippen MR) is 52.7 cm³/mol. The molecule has 1 aliphatic heterocycles. The van der Waals surface area contributed by atoms with Crippen molar-refractivity contribution in [2.24, 2.45) is 5.41 Å². The van der Waals surface area contributed by atoms with Crippen LogP contribution in [0.2, 0.25) is 0 Å². The van der Waals surface area contributed by atoms with Gasteiger partial charge < -0.3 is 0 Å². The minimum atomic E-state index is 0.369. The summed E-state index contributed by atoms with van der Waals surface area (Å²) in [6.07, 6.45) is 8.58. The van der Waals surface area contributed by atoms with Gasteiger partial charge in [-0.2, -0.15) is 0 Å². The van der Waals surface area contributed by atoms with Crippen LogP contribution >= 0.6 is 0 Å². The van der Waals surface area contributed by atoms with E-state index in [0.717, 1.165) is 25.9 Å². The van der Waals surface area contributed by atoms with E-state index in [2.05, 4.69) is 36.5 Å². The molecule has 2 heteroatoms. The van der Waals surface area contributed by atoms with Crippen molar-refractivity contribution in [1.82, 2.24) is 10.9 Å². The van der Waals surface area contributed by atoms with Gasteiger partial charge in [-0.1, -0.05) is 18.2 Å². The van der Waals surface area contributed by atoms with Crippen LogP contribution in [0.25, 0.3) is 0 Å². The Morgan fingerprint density at radius 2 is 2.00 bits per heavy atom. The van der Waals surface area contributed by atoms with E-state index in [1.54, 1.807) is 0 Å². The summed E-state index contributed by atoms with van der Waals surface area (Å²) in [6.45, 7) is 7.95. The lowest BCUT2D eigenvalue weighted by Gasteiger charge is -2.23. The fourth-order valence-electron chi connectivity index (χ4n) is 1.61. The summed E-state index contributed by atoms with van der Waals surface area (Å²) in [4.78, 5) is 0. The third-order valence-corrected chi connectivity index (χ3v) is 2.42. The van der Waals surface area contributed by atoms with E-state index in [1.807, 2.05) is 6.08 Å². The molecule has 1 heterocycles. The van der Waals surface area contributed by atoms with Gasteiger partial charge in [-0.25, -0.2) is 0 Å². The molecule has 1 aliphatic rings. The Balaban J connectivity index is 2.51. The summed E-state index contributed by atoms with van der Waals surface area (Å²) in [7, 11) is 0. The lowest BCUT2D eigenvalue weighted by Crippen LogP contribution is -2.25. The number of hydrogen-bond acceptors (Lipinski definition) is 2. The Labute approximate surface area is 74.7 Å². The van der Waals surface area contributed by atoms with E-state index < -0.39 is 0 Å². The molecule has 2 N–H and O–H groups in total. The van der Waals surface area contributed by atoms with Crippen molar-refractivity contribution in [3.63, 3.8) is 0 Å². The van der Waals surface area contributed by atoms with Crippen LogP contribution in [0.15, 0.2) is 24.8 Å². The zero-order valence-electron chi connectivity index (χ0n) is 7.77. The van der Waals surface area contributed by atoms with Gasteiger partial charge in [0.25, 0.3) is 0 Å². The normalized spacial score (nSPS) is 21.8. The molecule has 1 rings (SSSR count). The van der Waals surface area contributed by atoms with Gasteiger partial charge in [0.15, 0.2) is 0 Å².